The molecule has 2 aromatic heterocycles. The van der Waals surface area contributed by atoms with Gasteiger partial charge in [-0.1, -0.05) is 43.8 Å². The molecule has 0 aliphatic rings. The van der Waals surface area contributed by atoms with Crippen LogP contribution in [0, 0.1) is 0 Å². The van der Waals surface area contributed by atoms with Gasteiger partial charge in [0.25, 0.3) is 0 Å². The Morgan fingerprint density at radius 2 is 1.93 bits per heavy atom. The van der Waals surface area contributed by atoms with Crippen LogP contribution >= 0.6 is 23.1 Å². The Kier molecular flexibility index (Phi) is 6.25. The van der Waals surface area contributed by atoms with E-state index < -0.39 is 4.75 Å². The highest BCUT2D eigenvalue weighted by Gasteiger charge is 2.32. The third-order valence-corrected chi connectivity index (χ3v) is 6.55. The van der Waals surface area contributed by atoms with Crippen LogP contribution in [0.1, 0.15) is 46.1 Å². The van der Waals surface area contributed by atoms with Crippen molar-refractivity contribution in [2.75, 3.05) is 5.32 Å². The summed E-state index contributed by atoms with van der Waals surface area (Å²) in [7, 11) is 0. The molecule has 1 aromatic carbocycles. The van der Waals surface area contributed by atoms with Gasteiger partial charge in [-0.05, 0) is 55.8 Å². The van der Waals surface area contributed by atoms with Gasteiger partial charge in [0.1, 0.15) is 0 Å². The summed E-state index contributed by atoms with van der Waals surface area (Å²) in [6.45, 7) is 10.9. The average molecular weight is 415 g/mol. The normalized spacial score (nSPS) is 11.8. The van der Waals surface area contributed by atoms with Gasteiger partial charge < -0.3 is 9.88 Å². The fraction of sp³-hybridized carbons (Fsp3) is 0.381. The van der Waals surface area contributed by atoms with Crippen LogP contribution in [-0.2, 0) is 11.3 Å². The van der Waals surface area contributed by atoms with Crippen LogP contribution in [-0.4, -0.2) is 25.4 Å². The van der Waals surface area contributed by atoms with Crippen molar-refractivity contribution in [3.63, 3.8) is 0 Å². The largest absolute Gasteiger partial charge is 0.325 e. The fourth-order valence-corrected chi connectivity index (χ4v) is 4.47. The van der Waals surface area contributed by atoms with Crippen molar-refractivity contribution in [1.82, 2.24) is 14.8 Å². The van der Waals surface area contributed by atoms with E-state index in [-0.39, 0.29) is 5.91 Å². The van der Waals surface area contributed by atoms with Crippen molar-refractivity contribution in [3.8, 4) is 10.7 Å². The van der Waals surface area contributed by atoms with Gasteiger partial charge in [-0.15, -0.1) is 21.5 Å². The van der Waals surface area contributed by atoms with Crippen LogP contribution in [0.2, 0.25) is 0 Å². The number of rotatable bonds is 7. The van der Waals surface area contributed by atoms with Gasteiger partial charge in [-0.3, -0.25) is 4.79 Å². The minimum Gasteiger partial charge on any atom is -0.325 e. The van der Waals surface area contributed by atoms with Crippen LogP contribution in [0.25, 0.3) is 10.7 Å². The van der Waals surface area contributed by atoms with Gasteiger partial charge in [-0.2, -0.15) is 0 Å². The van der Waals surface area contributed by atoms with E-state index in [0.717, 1.165) is 28.1 Å². The van der Waals surface area contributed by atoms with Gasteiger partial charge in [0.2, 0.25) is 5.91 Å². The maximum Gasteiger partial charge on any atom is 0.240 e. The second-order valence-corrected chi connectivity index (χ2v) is 9.91. The third-order valence-electron chi connectivity index (χ3n) is 4.50. The summed E-state index contributed by atoms with van der Waals surface area (Å²) in [5.41, 5.74) is 2.06. The summed E-state index contributed by atoms with van der Waals surface area (Å²) in [6, 6.07) is 12.1. The summed E-state index contributed by atoms with van der Waals surface area (Å²) in [5, 5.41) is 14.5. The predicted molar refractivity (Wildman–Crippen MR) is 118 cm³/mol. The number of benzene rings is 1. The molecule has 0 aliphatic carbocycles. The fourth-order valence-electron chi connectivity index (χ4n) is 2.74. The third kappa shape index (κ3) is 4.47. The maximum atomic E-state index is 12.9. The number of hydrogen-bond donors (Lipinski definition) is 1. The Hall–Kier alpha value is -2.12. The molecule has 1 N–H and O–H groups in total. The highest BCUT2D eigenvalue weighted by Crippen LogP contribution is 2.35. The molecule has 0 saturated carbocycles. The number of carbonyl (C=O) groups excluding carboxylic acids is 1. The molecule has 0 bridgehead atoms. The first-order chi connectivity index (χ1) is 13.3. The van der Waals surface area contributed by atoms with E-state index in [9.17, 15) is 4.79 Å². The number of amides is 1. The monoisotopic (exact) mass is 414 g/mol. The van der Waals surface area contributed by atoms with E-state index in [2.05, 4.69) is 53.0 Å². The van der Waals surface area contributed by atoms with Crippen LogP contribution < -0.4 is 5.32 Å². The molecule has 3 aromatic rings. The molecule has 5 nitrogen and oxygen atoms in total. The number of anilines is 1. The number of nitrogens with zero attached hydrogens (tertiary/aromatic N) is 3. The van der Waals surface area contributed by atoms with Crippen molar-refractivity contribution in [3.05, 3.63) is 47.3 Å². The molecule has 28 heavy (non-hydrogen) atoms. The standard InChI is InChI=1S/C21H26N4OS2/c1-6-25-18(17-8-7-13-27-17)23-24-20(25)28-21(4,5)19(26)22-16-11-9-15(10-12-16)14(2)3/h7-14H,6H2,1-5H3,(H,22,26). The molecule has 148 valence electrons. The number of thiophene rings is 1. The Morgan fingerprint density at radius 3 is 2.50 bits per heavy atom. The lowest BCUT2D eigenvalue weighted by atomic mass is 10.0. The molecular weight excluding hydrogens is 388 g/mol. The molecule has 2 heterocycles. The van der Waals surface area contributed by atoms with Crippen molar-refractivity contribution in [1.29, 1.82) is 0 Å². The molecule has 7 heteroatoms. The topological polar surface area (TPSA) is 59.8 Å². The lowest BCUT2D eigenvalue weighted by molar-refractivity contribution is -0.117. The number of aromatic nitrogens is 3. The van der Waals surface area contributed by atoms with Crippen LogP contribution in [0.4, 0.5) is 5.69 Å². The zero-order chi connectivity index (χ0) is 20.3. The van der Waals surface area contributed by atoms with E-state index in [1.807, 2.05) is 43.5 Å². The second-order valence-electron chi connectivity index (χ2n) is 7.37. The summed E-state index contributed by atoms with van der Waals surface area (Å²) in [4.78, 5) is 14.0. The van der Waals surface area contributed by atoms with Crippen molar-refractivity contribution < 1.29 is 4.79 Å². The van der Waals surface area contributed by atoms with Crippen LogP contribution in [0.15, 0.2) is 46.9 Å². The first-order valence-corrected chi connectivity index (χ1v) is 11.1. The first kappa shape index (κ1) is 20.6. The summed E-state index contributed by atoms with van der Waals surface area (Å²) in [5.74, 6) is 1.26. The summed E-state index contributed by atoms with van der Waals surface area (Å²) >= 11 is 3.07. The maximum absolute atomic E-state index is 12.9. The van der Waals surface area contributed by atoms with Gasteiger partial charge in [0.05, 0.1) is 9.62 Å². The van der Waals surface area contributed by atoms with Gasteiger partial charge >= 0.3 is 0 Å². The molecule has 0 atom stereocenters. The Labute approximate surface area is 174 Å². The second kappa shape index (κ2) is 8.49. The van der Waals surface area contributed by atoms with Gasteiger partial charge in [0, 0.05) is 12.2 Å². The molecule has 0 unspecified atom stereocenters. The van der Waals surface area contributed by atoms with E-state index >= 15 is 0 Å². The molecule has 1 amide bonds. The molecule has 0 saturated heterocycles. The lowest BCUT2D eigenvalue weighted by Gasteiger charge is -2.22. The summed E-state index contributed by atoms with van der Waals surface area (Å²) < 4.78 is 1.37. The molecule has 0 radical (unpaired) electrons. The SMILES string of the molecule is CCn1c(SC(C)(C)C(=O)Nc2ccc(C(C)C)cc2)nnc1-c1cccs1. The smallest absolute Gasteiger partial charge is 0.240 e. The molecular formula is C21H26N4OS2. The Morgan fingerprint density at radius 1 is 1.21 bits per heavy atom. The van der Waals surface area contributed by atoms with E-state index in [1.165, 1.54) is 17.3 Å². The van der Waals surface area contributed by atoms with Crippen molar-refractivity contribution >= 4 is 34.7 Å². The minimum absolute atomic E-state index is 0.0573. The highest BCUT2D eigenvalue weighted by molar-refractivity contribution is 8.01. The number of nitrogens with one attached hydrogen (secondary N) is 1. The van der Waals surface area contributed by atoms with E-state index in [4.69, 9.17) is 0 Å². The quantitative estimate of drug-likeness (QED) is 0.507. The van der Waals surface area contributed by atoms with Gasteiger partial charge in [-0.25, -0.2) is 0 Å². The molecule has 0 aliphatic heterocycles. The van der Waals surface area contributed by atoms with E-state index in [0.29, 0.717) is 5.92 Å². The molecule has 0 spiro atoms. The Balaban J connectivity index is 1.75. The highest BCUT2D eigenvalue weighted by atomic mass is 32.2. The Bertz CT molecular complexity index is 928. The molecule has 3 rings (SSSR count). The first-order valence-electron chi connectivity index (χ1n) is 9.39. The number of carbonyl (C=O) groups is 1. The van der Waals surface area contributed by atoms with E-state index in [1.54, 1.807) is 11.3 Å². The van der Waals surface area contributed by atoms with Crippen molar-refractivity contribution in [2.24, 2.45) is 0 Å². The zero-order valence-electron chi connectivity index (χ0n) is 16.9. The van der Waals surface area contributed by atoms with Crippen molar-refractivity contribution in [2.45, 2.75) is 57.0 Å². The van der Waals surface area contributed by atoms with Crippen LogP contribution in [0.5, 0.6) is 0 Å². The van der Waals surface area contributed by atoms with Gasteiger partial charge in [0.15, 0.2) is 11.0 Å². The average Bonchev–Trinajstić information content (AvgIpc) is 3.31. The molecule has 0 fully saturated rings. The number of hydrogen-bond acceptors (Lipinski definition) is 5. The lowest BCUT2D eigenvalue weighted by Crippen LogP contribution is -2.34. The predicted octanol–water partition coefficient (Wildman–Crippen LogP) is 5.66. The van der Waals surface area contributed by atoms with Crippen LogP contribution in [0.3, 0.4) is 0 Å². The zero-order valence-corrected chi connectivity index (χ0v) is 18.5. The minimum atomic E-state index is -0.691. The number of thioether (sulfide) groups is 1. The summed E-state index contributed by atoms with van der Waals surface area (Å²) in [6.07, 6.45) is 0.